The first-order chi connectivity index (χ1) is 8.68. The van der Waals surface area contributed by atoms with Crippen LogP contribution in [0.2, 0.25) is 0 Å². The molecule has 5 nitrogen and oxygen atoms in total. The highest BCUT2D eigenvalue weighted by Gasteiger charge is 2.16. The van der Waals surface area contributed by atoms with E-state index >= 15 is 0 Å². The molecule has 0 spiro atoms. The van der Waals surface area contributed by atoms with E-state index < -0.39 is 4.92 Å². The minimum absolute atomic E-state index is 0.0529. The molecule has 0 amide bonds. The first-order valence-electron chi connectivity index (χ1n) is 5.57. The smallest absolute Gasteiger partial charge is 0.284 e. The zero-order valence-electron chi connectivity index (χ0n) is 9.58. The van der Waals surface area contributed by atoms with Crippen LogP contribution in [0.15, 0.2) is 33.6 Å². The summed E-state index contributed by atoms with van der Waals surface area (Å²) in [7, 11) is 0. The van der Waals surface area contributed by atoms with Crippen LogP contribution in [0.1, 0.15) is 12.8 Å². The van der Waals surface area contributed by atoms with Gasteiger partial charge in [0, 0.05) is 31.1 Å². The molecule has 0 saturated carbocycles. The summed E-state index contributed by atoms with van der Waals surface area (Å²) in [5, 5.41) is 11.2. The van der Waals surface area contributed by atoms with Crippen LogP contribution in [0.5, 0.6) is 0 Å². The molecule has 1 aromatic carbocycles. The van der Waals surface area contributed by atoms with Crippen LogP contribution in [0.25, 0.3) is 0 Å². The molecule has 0 aliphatic carbocycles. The lowest BCUT2D eigenvalue weighted by molar-refractivity contribution is -0.387. The Morgan fingerprint density at radius 2 is 2.06 bits per heavy atom. The van der Waals surface area contributed by atoms with Gasteiger partial charge in [-0.2, -0.15) is 4.40 Å². The average molecular weight is 286 g/mol. The molecule has 1 saturated heterocycles. The molecule has 0 bridgehead atoms. The van der Waals surface area contributed by atoms with E-state index in [1.807, 2.05) is 4.90 Å². The van der Waals surface area contributed by atoms with Gasteiger partial charge in [0.2, 0.25) is 5.29 Å². The lowest BCUT2D eigenvalue weighted by Gasteiger charge is -2.13. The minimum atomic E-state index is -0.415. The molecule has 0 radical (unpaired) electrons. The zero-order chi connectivity index (χ0) is 13.0. The second-order valence-electron chi connectivity index (χ2n) is 3.87. The first kappa shape index (κ1) is 13.2. The molecular weight excluding hydrogens is 274 g/mol. The van der Waals surface area contributed by atoms with Crippen LogP contribution in [-0.2, 0) is 0 Å². The molecule has 2 rings (SSSR count). The van der Waals surface area contributed by atoms with Crippen molar-refractivity contribution in [2.45, 2.75) is 17.7 Å². The molecular formula is C11H12ClN3O2S. The third-order valence-electron chi connectivity index (χ3n) is 2.65. The number of para-hydroxylation sites is 1. The maximum Gasteiger partial charge on any atom is 0.284 e. The normalized spacial score (nSPS) is 16.1. The summed E-state index contributed by atoms with van der Waals surface area (Å²) in [4.78, 5) is 12.9. The van der Waals surface area contributed by atoms with Gasteiger partial charge < -0.3 is 4.90 Å². The van der Waals surface area contributed by atoms with Crippen molar-refractivity contribution in [3.63, 3.8) is 0 Å². The van der Waals surface area contributed by atoms with Gasteiger partial charge in [-0.05, 0) is 30.5 Å². The minimum Gasteiger partial charge on any atom is -0.347 e. The highest BCUT2D eigenvalue weighted by atomic mass is 35.5. The van der Waals surface area contributed by atoms with Gasteiger partial charge in [-0.1, -0.05) is 12.1 Å². The number of nitro groups is 1. The molecule has 0 unspecified atom stereocenters. The molecule has 0 N–H and O–H groups in total. The number of hydrogen-bond acceptors (Lipinski definition) is 4. The Morgan fingerprint density at radius 3 is 2.72 bits per heavy atom. The quantitative estimate of drug-likeness (QED) is 0.213. The van der Waals surface area contributed by atoms with Gasteiger partial charge in [0.15, 0.2) is 0 Å². The van der Waals surface area contributed by atoms with Gasteiger partial charge in [-0.15, -0.1) is 0 Å². The molecule has 1 aliphatic heterocycles. The molecule has 1 aromatic rings. The SMILES string of the molecule is O=[N+]([O-])c1ccccc1S/N=C(\Cl)N1CCCC1. The van der Waals surface area contributed by atoms with Crippen LogP contribution in [0.4, 0.5) is 5.69 Å². The molecule has 7 heteroatoms. The van der Waals surface area contributed by atoms with Crippen LogP contribution >= 0.6 is 23.5 Å². The Balaban J connectivity index is 2.09. The second-order valence-corrected chi connectivity index (χ2v) is 5.01. The van der Waals surface area contributed by atoms with E-state index in [0.29, 0.717) is 10.2 Å². The van der Waals surface area contributed by atoms with E-state index in [9.17, 15) is 10.1 Å². The highest BCUT2D eigenvalue weighted by molar-refractivity contribution is 7.98. The number of rotatable bonds is 3. The molecule has 96 valence electrons. The van der Waals surface area contributed by atoms with Crippen LogP contribution in [-0.4, -0.2) is 28.2 Å². The van der Waals surface area contributed by atoms with Gasteiger partial charge >= 0.3 is 0 Å². The van der Waals surface area contributed by atoms with Crippen molar-refractivity contribution in [1.82, 2.24) is 4.90 Å². The van der Waals surface area contributed by atoms with Crippen molar-refractivity contribution in [2.75, 3.05) is 13.1 Å². The third-order valence-corrected chi connectivity index (χ3v) is 3.88. The van der Waals surface area contributed by atoms with Crippen molar-refractivity contribution in [3.05, 3.63) is 34.4 Å². The Labute approximate surface area is 114 Å². The zero-order valence-corrected chi connectivity index (χ0v) is 11.2. The number of nitrogens with zero attached hydrogens (tertiary/aromatic N) is 3. The van der Waals surface area contributed by atoms with Crippen LogP contribution in [0.3, 0.4) is 0 Å². The molecule has 1 aliphatic rings. The number of halogens is 1. The summed E-state index contributed by atoms with van der Waals surface area (Å²) < 4.78 is 4.14. The number of hydrogen-bond donors (Lipinski definition) is 0. The number of likely N-dealkylation sites (tertiary alicyclic amines) is 1. The predicted molar refractivity (Wildman–Crippen MR) is 73.0 cm³/mol. The van der Waals surface area contributed by atoms with Crippen LogP contribution in [0, 0.1) is 10.1 Å². The van der Waals surface area contributed by atoms with E-state index in [0.717, 1.165) is 37.9 Å². The Kier molecular flexibility index (Phi) is 4.43. The topological polar surface area (TPSA) is 58.7 Å². The fourth-order valence-corrected chi connectivity index (χ4v) is 2.67. The Hall–Kier alpha value is -1.27. The van der Waals surface area contributed by atoms with Gasteiger partial charge in [0.05, 0.1) is 4.92 Å². The van der Waals surface area contributed by atoms with Crippen molar-refractivity contribution in [1.29, 1.82) is 0 Å². The van der Waals surface area contributed by atoms with Gasteiger partial charge in [-0.25, -0.2) is 0 Å². The lowest BCUT2D eigenvalue weighted by Crippen LogP contribution is -2.22. The monoisotopic (exact) mass is 285 g/mol. The largest absolute Gasteiger partial charge is 0.347 e. The number of benzene rings is 1. The maximum absolute atomic E-state index is 10.8. The highest BCUT2D eigenvalue weighted by Crippen LogP contribution is 2.30. The van der Waals surface area contributed by atoms with Crippen molar-refractivity contribution >= 4 is 34.5 Å². The third kappa shape index (κ3) is 3.14. The average Bonchev–Trinajstić information content (AvgIpc) is 2.90. The van der Waals surface area contributed by atoms with Crippen LogP contribution < -0.4 is 0 Å². The van der Waals surface area contributed by atoms with Crippen molar-refractivity contribution in [2.24, 2.45) is 4.40 Å². The summed E-state index contributed by atoms with van der Waals surface area (Å²) in [5.74, 6) is 0. The van der Waals surface area contributed by atoms with E-state index in [1.165, 1.54) is 6.07 Å². The van der Waals surface area contributed by atoms with E-state index in [2.05, 4.69) is 4.40 Å². The fourth-order valence-electron chi connectivity index (χ4n) is 1.73. The number of nitro benzene ring substituents is 1. The Morgan fingerprint density at radius 1 is 1.39 bits per heavy atom. The summed E-state index contributed by atoms with van der Waals surface area (Å²) in [5.41, 5.74) is 0.0529. The molecule has 18 heavy (non-hydrogen) atoms. The Bertz CT molecular complexity index is 475. The van der Waals surface area contributed by atoms with Gasteiger partial charge in [-0.3, -0.25) is 10.1 Å². The van der Waals surface area contributed by atoms with Gasteiger partial charge in [0.25, 0.3) is 5.69 Å². The van der Waals surface area contributed by atoms with Crippen molar-refractivity contribution in [3.8, 4) is 0 Å². The fraction of sp³-hybridized carbons (Fsp3) is 0.364. The lowest BCUT2D eigenvalue weighted by atomic mass is 10.3. The van der Waals surface area contributed by atoms with E-state index in [1.54, 1.807) is 18.2 Å². The summed E-state index contributed by atoms with van der Waals surface area (Å²) >= 11 is 7.10. The van der Waals surface area contributed by atoms with E-state index in [4.69, 9.17) is 11.6 Å². The van der Waals surface area contributed by atoms with Gasteiger partial charge in [0.1, 0.15) is 4.90 Å². The molecule has 1 fully saturated rings. The standard InChI is InChI=1S/C11H12ClN3O2S/c12-11(14-7-3-4-8-14)13-18-10-6-2-1-5-9(10)15(16)17/h1-2,5-6H,3-4,7-8H2/b13-11+. The summed E-state index contributed by atoms with van der Waals surface area (Å²) in [6, 6.07) is 6.50. The summed E-state index contributed by atoms with van der Waals surface area (Å²) in [6.45, 7) is 1.81. The predicted octanol–water partition coefficient (Wildman–Crippen LogP) is 3.29. The maximum atomic E-state index is 10.8. The van der Waals surface area contributed by atoms with E-state index in [-0.39, 0.29) is 5.69 Å². The number of amidine groups is 1. The summed E-state index contributed by atoms with van der Waals surface area (Å²) in [6.07, 6.45) is 2.23. The second kappa shape index (κ2) is 6.06. The molecule has 1 heterocycles. The first-order valence-corrected chi connectivity index (χ1v) is 6.72. The molecule has 0 atom stereocenters. The molecule has 0 aromatic heterocycles. The van der Waals surface area contributed by atoms with Crippen molar-refractivity contribution < 1.29 is 4.92 Å².